The van der Waals surface area contributed by atoms with Gasteiger partial charge < -0.3 is 10.1 Å². The lowest BCUT2D eigenvalue weighted by Crippen LogP contribution is -2.54. The third-order valence-electron chi connectivity index (χ3n) is 5.85. The molecule has 2 aliphatic rings. The van der Waals surface area contributed by atoms with Crippen LogP contribution in [0.4, 0.5) is 0 Å². The van der Waals surface area contributed by atoms with Crippen molar-refractivity contribution in [3.8, 4) is 6.07 Å². The number of nitrogens with one attached hydrogen (secondary N) is 1. The molecule has 1 aliphatic carbocycles. The van der Waals surface area contributed by atoms with Crippen LogP contribution in [0.2, 0.25) is 0 Å². The minimum absolute atomic E-state index is 0.117. The van der Waals surface area contributed by atoms with Crippen LogP contribution in [0.5, 0.6) is 0 Å². The largest absolute Gasteiger partial charge is 0.377 e. The summed E-state index contributed by atoms with van der Waals surface area (Å²) < 4.78 is 6.00. The van der Waals surface area contributed by atoms with E-state index in [2.05, 4.69) is 16.3 Å². The molecule has 0 radical (unpaired) electrons. The van der Waals surface area contributed by atoms with E-state index < -0.39 is 0 Å². The summed E-state index contributed by atoms with van der Waals surface area (Å²) in [5, 5.41) is 12.6. The van der Waals surface area contributed by atoms with Crippen molar-refractivity contribution in [3.63, 3.8) is 0 Å². The van der Waals surface area contributed by atoms with E-state index in [0.29, 0.717) is 5.75 Å². The second kappa shape index (κ2) is 8.43. The lowest BCUT2D eigenvalue weighted by atomic mass is 9.78. The Morgan fingerprint density at radius 2 is 2.27 bits per heavy atom. The van der Waals surface area contributed by atoms with E-state index >= 15 is 0 Å². The molecule has 1 saturated heterocycles. The van der Waals surface area contributed by atoms with Crippen LogP contribution in [-0.2, 0) is 16.1 Å². The quantitative estimate of drug-likeness (QED) is 0.830. The lowest BCUT2D eigenvalue weighted by Gasteiger charge is -2.44. The number of methoxy groups -OCH3 is 1. The van der Waals surface area contributed by atoms with E-state index in [1.807, 2.05) is 37.6 Å². The zero-order chi connectivity index (χ0) is 18.6. The first kappa shape index (κ1) is 19.2. The highest BCUT2D eigenvalue weighted by Crippen LogP contribution is 2.43. The number of fused-ring (bicyclic) bond motifs is 1. The number of nitrogens with zero attached hydrogens (tertiary/aromatic N) is 2. The van der Waals surface area contributed by atoms with E-state index in [9.17, 15) is 10.1 Å². The molecule has 1 aromatic carbocycles. The van der Waals surface area contributed by atoms with Crippen molar-refractivity contribution in [2.45, 2.75) is 49.9 Å². The number of likely N-dealkylation sites (tertiary alicyclic amines) is 1. The summed E-state index contributed by atoms with van der Waals surface area (Å²) in [6.45, 7) is 1.72. The first-order chi connectivity index (χ1) is 12.6. The number of nitriles is 1. The second-order valence-corrected chi connectivity index (χ2v) is 8.11. The molecule has 1 heterocycles. The van der Waals surface area contributed by atoms with Crippen LogP contribution in [0.25, 0.3) is 0 Å². The van der Waals surface area contributed by atoms with Gasteiger partial charge in [0.05, 0.1) is 23.0 Å². The zero-order valence-corrected chi connectivity index (χ0v) is 16.3. The Balaban J connectivity index is 1.74. The maximum atomic E-state index is 12.0. The molecule has 3 rings (SSSR count). The Hall–Kier alpha value is -1.55. The Labute approximate surface area is 160 Å². The average Bonchev–Trinajstić information content (AvgIpc) is 3.01. The van der Waals surface area contributed by atoms with Crippen LogP contribution < -0.4 is 5.32 Å². The summed E-state index contributed by atoms with van der Waals surface area (Å²) in [4.78, 5) is 14.4. The third kappa shape index (κ3) is 3.90. The Morgan fingerprint density at radius 3 is 3.00 bits per heavy atom. The second-order valence-electron chi connectivity index (χ2n) is 7.25. The summed E-state index contributed by atoms with van der Waals surface area (Å²) in [6.07, 6.45) is 5.79. The van der Waals surface area contributed by atoms with Gasteiger partial charge in [-0.25, -0.2) is 0 Å². The zero-order valence-electron chi connectivity index (χ0n) is 15.5. The predicted molar refractivity (Wildman–Crippen MR) is 104 cm³/mol. The third-order valence-corrected chi connectivity index (χ3v) is 6.40. The topological polar surface area (TPSA) is 65.4 Å². The van der Waals surface area contributed by atoms with E-state index in [0.717, 1.165) is 49.9 Å². The van der Waals surface area contributed by atoms with Crippen molar-refractivity contribution in [3.05, 3.63) is 35.4 Å². The molecule has 1 aromatic rings. The van der Waals surface area contributed by atoms with Crippen LogP contribution >= 0.6 is 11.8 Å². The molecule has 2 fully saturated rings. The van der Waals surface area contributed by atoms with Crippen LogP contribution in [0, 0.1) is 11.3 Å². The van der Waals surface area contributed by atoms with Gasteiger partial charge in [-0.05, 0) is 43.6 Å². The van der Waals surface area contributed by atoms with Gasteiger partial charge in [0, 0.05) is 32.3 Å². The van der Waals surface area contributed by atoms with Crippen molar-refractivity contribution < 1.29 is 9.53 Å². The minimum Gasteiger partial charge on any atom is -0.377 e. The smallest absolute Gasteiger partial charge is 0.230 e. The lowest BCUT2D eigenvalue weighted by molar-refractivity contribution is -0.120. The average molecular weight is 374 g/mol. The molecule has 3 atom stereocenters. The number of carbonyl (C=O) groups excluding carboxylic acids is 1. The maximum Gasteiger partial charge on any atom is 0.230 e. The van der Waals surface area contributed by atoms with Gasteiger partial charge in [-0.2, -0.15) is 17.0 Å². The number of ether oxygens (including phenoxy) is 1. The number of carbonyl (C=O) groups is 1. The van der Waals surface area contributed by atoms with Gasteiger partial charge in [-0.15, -0.1) is 0 Å². The molecule has 0 bridgehead atoms. The fourth-order valence-corrected chi connectivity index (χ4v) is 4.84. The molecule has 0 aromatic heterocycles. The summed E-state index contributed by atoms with van der Waals surface area (Å²) in [5.74, 6) is 0.627. The van der Waals surface area contributed by atoms with E-state index in [4.69, 9.17) is 4.74 Å². The molecule has 26 heavy (non-hydrogen) atoms. The van der Waals surface area contributed by atoms with E-state index in [1.165, 1.54) is 0 Å². The highest BCUT2D eigenvalue weighted by molar-refractivity contribution is 7.99. The number of amides is 1. The molecule has 1 aliphatic heterocycles. The van der Waals surface area contributed by atoms with Gasteiger partial charge >= 0.3 is 0 Å². The molecular formula is C20H27N3O2S. The summed E-state index contributed by atoms with van der Waals surface area (Å²) in [5.41, 5.74) is 1.68. The van der Waals surface area contributed by atoms with Crippen molar-refractivity contribution in [1.29, 1.82) is 5.26 Å². The minimum atomic E-state index is -0.123. The number of hydrogen-bond acceptors (Lipinski definition) is 5. The van der Waals surface area contributed by atoms with Crippen LogP contribution in [0.1, 0.15) is 36.8 Å². The molecule has 1 amide bonds. The van der Waals surface area contributed by atoms with Gasteiger partial charge in [0.25, 0.3) is 0 Å². The monoisotopic (exact) mass is 373 g/mol. The number of benzene rings is 1. The molecule has 6 heteroatoms. The van der Waals surface area contributed by atoms with Crippen molar-refractivity contribution in [2.75, 3.05) is 25.7 Å². The summed E-state index contributed by atoms with van der Waals surface area (Å²) in [7, 11) is 1.81. The summed E-state index contributed by atoms with van der Waals surface area (Å²) >= 11 is 1.55. The van der Waals surface area contributed by atoms with Gasteiger partial charge in [0.2, 0.25) is 5.91 Å². The summed E-state index contributed by atoms with van der Waals surface area (Å²) in [6, 6.07) is 10.6. The molecule has 140 valence electrons. The first-order valence-corrected chi connectivity index (χ1v) is 10.6. The number of rotatable bonds is 6. The van der Waals surface area contributed by atoms with E-state index in [1.54, 1.807) is 11.8 Å². The fourth-order valence-electron chi connectivity index (χ4n) is 4.50. The standard InChI is InChI=1S/C20H27N3O2S/c1-25-20-8-7-17(22-19(24)14-26-2)11-18(20)23(10-9-20)13-16-6-4-3-5-15(16)12-21/h3-6,17-18H,7-11,13-14H2,1-2H3,(H,22,24)/t17-,18+,20-/m1/s1. The Bertz CT molecular complexity index is 690. The highest BCUT2D eigenvalue weighted by Gasteiger charge is 2.51. The maximum absolute atomic E-state index is 12.0. The van der Waals surface area contributed by atoms with Crippen LogP contribution in [0.15, 0.2) is 24.3 Å². The van der Waals surface area contributed by atoms with Crippen LogP contribution in [0.3, 0.4) is 0 Å². The van der Waals surface area contributed by atoms with E-state index in [-0.39, 0.29) is 23.6 Å². The SMILES string of the molecule is CO[C@@]12CC[C@@H](NC(=O)CSC)C[C@@H]1N(Cc1ccccc1C#N)CC2. The van der Waals surface area contributed by atoms with Crippen molar-refractivity contribution in [1.82, 2.24) is 10.2 Å². The molecule has 0 unspecified atom stereocenters. The molecule has 0 spiro atoms. The Morgan fingerprint density at radius 1 is 1.46 bits per heavy atom. The normalized spacial score (nSPS) is 28.3. The van der Waals surface area contributed by atoms with Gasteiger partial charge in [-0.1, -0.05) is 18.2 Å². The van der Waals surface area contributed by atoms with Gasteiger partial charge in [0.1, 0.15) is 0 Å². The van der Waals surface area contributed by atoms with Crippen LogP contribution in [-0.4, -0.2) is 54.2 Å². The predicted octanol–water partition coefficient (Wildman–Crippen LogP) is 2.55. The van der Waals surface area contributed by atoms with Gasteiger partial charge in [0.15, 0.2) is 0 Å². The molecule has 5 nitrogen and oxygen atoms in total. The molecule has 1 N–H and O–H groups in total. The van der Waals surface area contributed by atoms with Crippen molar-refractivity contribution in [2.24, 2.45) is 0 Å². The Kier molecular flexibility index (Phi) is 6.23. The fraction of sp³-hybridized carbons (Fsp3) is 0.600. The molecule has 1 saturated carbocycles. The number of hydrogen-bond donors (Lipinski definition) is 1. The first-order valence-electron chi connectivity index (χ1n) is 9.17. The highest BCUT2D eigenvalue weighted by atomic mass is 32.2. The van der Waals surface area contributed by atoms with Gasteiger partial charge in [-0.3, -0.25) is 9.69 Å². The molecular weight excluding hydrogens is 346 g/mol. The van der Waals surface area contributed by atoms with Crippen molar-refractivity contribution >= 4 is 17.7 Å². The number of thioether (sulfide) groups is 1.